The summed E-state index contributed by atoms with van der Waals surface area (Å²) in [6.45, 7) is 15.5. The minimum absolute atomic E-state index is 0.0144. The average Bonchev–Trinajstić information content (AvgIpc) is 0.818. The Hall–Kier alpha value is -6.60. The number of H-pyrrole nitrogens is 1. The number of aryl methyl sites for hydroxylation is 3. The number of methoxy groups -OCH3 is 2. The van der Waals surface area contributed by atoms with Crippen LogP contribution in [-0.2, 0) is 38.4 Å². The van der Waals surface area contributed by atoms with E-state index in [2.05, 4.69) is 222 Å². The first-order valence-corrected chi connectivity index (χ1v) is 40.2. The molecule has 2 aromatic heterocycles. The number of aromatic amines is 1. The zero-order valence-electron chi connectivity index (χ0n) is 59.3. The highest BCUT2D eigenvalue weighted by Gasteiger charge is 2.47. The van der Waals surface area contributed by atoms with Gasteiger partial charge >= 0.3 is 0 Å². The number of aromatic nitrogens is 6. The monoisotopic (exact) mass is 1310 g/mol. The van der Waals surface area contributed by atoms with E-state index in [9.17, 15) is 9.59 Å². The summed E-state index contributed by atoms with van der Waals surface area (Å²) in [5.74, 6) is -0.417. The van der Waals surface area contributed by atoms with Crippen LogP contribution >= 0.6 is 14.5 Å². The third-order valence-corrected chi connectivity index (χ3v) is 27.2. The van der Waals surface area contributed by atoms with Crippen LogP contribution in [0.3, 0.4) is 0 Å². The molecule has 0 radical (unpaired) electrons. The van der Waals surface area contributed by atoms with Crippen LogP contribution < -0.4 is 21.2 Å². The fourth-order valence-corrected chi connectivity index (χ4v) is 22.1. The second-order valence-electron chi connectivity index (χ2n) is 24.7. The highest BCUT2D eigenvalue weighted by molar-refractivity contribution is 7.95. The largest absolute Gasteiger partial charge is 0.489 e. The number of nitrogens with zero attached hydrogens (tertiary/aromatic N) is 5. The first-order chi connectivity index (χ1) is 46.2. The summed E-state index contributed by atoms with van der Waals surface area (Å²) in [5, 5.41) is 28.0. The molecule has 0 spiro atoms. The normalized spacial score (nSPS) is 14.0. The topological polar surface area (TPSA) is 125 Å². The first kappa shape index (κ1) is 78.1. The van der Waals surface area contributed by atoms with Gasteiger partial charge in [0.1, 0.15) is 41.1 Å². The van der Waals surface area contributed by atoms with Gasteiger partial charge in [-0.25, -0.2) is 0 Å². The van der Waals surface area contributed by atoms with Crippen molar-refractivity contribution >= 4 is 47.3 Å². The smallest absolute Gasteiger partial charge is 0.228 e. The Bertz CT molecular complexity index is 3100. The highest BCUT2D eigenvalue weighted by Crippen LogP contribution is 2.72. The number of carbonyl (C=O) groups excluding carboxylic acids is 2. The van der Waals surface area contributed by atoms with Gasteiger partial charge in [0, 0.05) is 23.9 Å². The Morgan fingerprint density at radius 2 is 1.03 bits per heavy atom. The number of unbranched alkanes of at least 4 members (excludes halogenated alkanes) is 19. The van der Waals surface area contributed by atoms with Crippen molar-refractivity contribution in [1.29, 1.82) is 0 Å². The number of allylic oxidation sites excluding steroid dienone is 10. The maximum atomic E-state index is 12.8. The zero-order valence-corrected chi connectivity index (χ0v) is 61.1. The predicted octanol–water partition coefficient (Wildman–Crippen LogP) is 20.6. The molecule has 12 heteroatoms. The van der Waals surface area contributed by atoms with Gasteiger partial charge in [0.05, 0.1) is 49.4 Å². The summed E-state index contributed by atoms with van der Waals surface area (Å²) in [6, 6.07) is 45.1. The molecule has 0 aliphatic heterocycles. The second kappa shape index (κ2) is 46.5. The van der Waals surface area contributed by atoms with Crippen LogP contribution in [0.2, 0.25) is 0 Å². The summed E-state index contributed by atoms with van der Waals surface area (Å²) < 4.78 is 12.4. The van der Waals surface area contributed by atoms with Gasteiger partial charge in [0.25, 0.3) is 0 Å². The number of ketones is 2. The van der Waals surface area contributed by atoms with E-state index < -0.39 is 14.5 Å². The van der Waals surface area contributed by atoms with Crippen LogP contribution in [0.25, 0.3) is 0 Å². The molecule has 1 N–H and O–H groups in total. The number of hydrogen-bond acceptors (Lipinski definition) is 8. The SMILES string of the molecule is C/C=C\C(=C/C)[P+](CCCCCCCCCC1=C(C)C(=O)C(OC)=C(OC)C1=O)(C1=CCCC=C1)c1ccccc1.CC.CCCCCCCCc1cn(CCCCCCCCCC[P+](c2ccccc2)(c2ccccc2)c2ccccc2)nn1.CCCCc1cn[nH]n1. The standard InChI is InChI=1S/C38H53N3P.C36H48O4P.C6H11N3.C2H6/c1-2-3-4-5-10-16-25-35-34-41(40-39-35)32-23-11-8-6-7-9-12-24-33-42(36-26-17-13-18-27-36,37-28-19-14-20-29-37)38-30-21-15-22-31-38;1-6-21-29(7-2)41(30-22-15-13-16-23-30,31-24-17-14-18-25-31)27-20-12-10-8-9-11-19-26-32-28(3)33(37)35(39-4)36(40-5)34(32)38;1-2-3-4-6-5-7-9-8-6;1-2/h13-15,17-22,26-31,34H,2-12,16,23-25,32-33H2,1H3;6-7,13,15-17,21-25H,8-12,14,18-20,26-27H2,1-5H3;5H,2-4H2,1H3,(H,7,8,9);1-2H3/q2*+1;;/b;21-6-,29-7+;;. The minimum atomic E-state index is -1.70. The second-order valence-corrected chi connectivity index (χ2v) is 31.9. The van der Waals surface area contributed by atoms with Crippen molar-refractivity contribution in [3.8, 4) is 0 Å². The molecule has 1 unspecified atom stereocenters. The number of nitrogens with one attached hydrogen (secondary N) is 1. The summed E-state index contributed by atoms with van der Waals surface area (Å²) in [6.07, 6.45) is 54.2. The predicted molar refractivity (Wildman–Crippen MR) is 404 cm³/mol. The van der Waals surface area contributed by atoms with Crippen molar-refractivity contribution < 1.29 is 19.1 Å². The molecule has 2 aliphatic rings. The quantitative estimate of drug-likeness (QED) is 0.0175. The van der Waals surface area contributed by atoms with Gasteiger partial charge in [-0.2, -0.15) is 15.4 Å². The van der Waals surface area contributed by atoms with Crippen LogP contribution in [0.5, 0.6) is 0 Å². The third-order valence-electron chi connectivity index (χ3n) is 18.0. The van der Waals surface area contributed by atoms with Gasteiger partial charge in [-0.1, -0.05) is 214 Å². The lowest BCUT2D eigenvalue weighted by Gasteiger charge is -2.30. The first-order valence-electron chi connectivity index (χ1n) is 36.2. The minimum Gasteiger partial charge on any atom is -0.489 e. The van der Waals surface area contributed by atoms with E-state index in [1.165, 1.54) is 193 Å². The number of benzene rings is 4. The number of hydrogen-bond donors (Lipinski definition) is 1. The van der Waals surface area contributed by atoms with Crippen LogP contribution in [0.1, 0.15) is 227 Å². The van der Waals surface area contributed by atoms with Gasteiger partial charge in [-0.05, 0) is 177 Å². The Labute approximate surface area is 569 Å². The molecular formula is C82H118N6O4P2+2. The average molecular weight is 1310 g/mol. The Morgan fingerprint density at radius 3 is 1.52 bits per heavy atom. The number of carbonyl (C=O) groups is 2. The Morgan fingerprint density at radius 1 is 0.553 bits per heavy atom. The van der Waals surface area contributed by atoms with Crippen molar-refractivity contribution in [3.05, 3.63) is 215 Å². The highest BCUT2D eigenvalue weighted by atomic mass is 31.2. The molecular weight excluding hydrogens is 1190 g/mol. The Balaban J connectivity index is 0.000000293. The van der Waals surface area contributed by atoms with E-state index in [1.54, 1.807) is 13.1 Å². The van der Waals surface area contributed by atoms with Crippen LogP contribution in [-0.4, -0.2) is 68.5 Å². The molecule has 4 aromatic carbocycles. The lowest BCUT2D eigenvalue weighted by atomic mass is 9.89. The molecule has 0 fully saturated rings. The Kier molecular flexibility index (Phi) is 38.6. The van der Waals surface area contributed by atoms with Crippen molar-refractivity contribution in [2.24, 2.45) is 0 Å². The van der Waals surface area contributed by atoms with Gasteiger partial charge in [-0.3, -0.25) is 14.3 Å². The molecule has 0 amide bonds. The van der Waals surface area contributed by atoms with E-state index in [4.69, 9.17) is 9.47 Å². The third kappa shape index (κ3) is 24.6. The molecule has 2 aliphatic carbocycles. The van der Waals surface area contributed by atoms with E-state index in [-0.39, 0.29) is 23.1 Å². The summed E-state index contributed by atoms with van der Waals surface area (Å²) in [5.41, 5.74) is 3.29. The molecule has 6 aromatic rings. The van der Waals surface area contributed by atoms with Crippen LogP contribution in [0, 0.1) is 0 Å². The van der Waals surface area contributed by atoms with Gasteiger partial charge < -0.3 is 9.47 Å². The van der Waals surface area contributed by atoms with E-state index >= 15 is 0 Å². The zero-order chi connectivity index (χ0) is 67.3. The molecule has 94 heavy (non-hydrogen) atoms. The fourth-order valence-electron chi connectivity index (χ4n) is 13.0. The van der Waals surface area contributed by atoms with Crippen molar-refractivity contribution in [2.75, 3.05) is 26.5 Å². The molecule has 508 valence electrons. The molecule has 2 heterocycles. The van der Waals surface area contributed by atoms with E-state index in [1.807, 2.05) is 13.8 Å². The summed E-state index contributed by atoms with van der Waals surface area (Å²) >= 11 is 0. The number of rotatable bonds is 40. The number of ether oxygens (including phenoxy) is 2. The molecule has 0 saturated carbocycles. The van der Waals surface area contributed by atoms with E-state index in [0.717, 1.165) is 57.2 Å². The fraction of sp³-hybridized carbons (Fsp3) is 0.488. The van der Waals surface area contributed by atoms with Crippen molar-refractivity contribution in [3.63, 3.8) is 0 Å². The van der Waals surface area contributed by atoms with Gasteiger partial charge in [-0.15, -0.1) is 5.10 Å². The summed E-state index contributed by atoms with van der Waals surface area (Å²) in [4.78, 5) is 25.4. The van der Waals surface area contributed by atoms with Gasteiger partial charge in [0.15, 0.2) is 0 Å². The molecule has 0 saturated heterocycles. The maximum Gasteiger partial charge on any atom is 0.228 e. The molecule has 8 rings (SSSR count). The molecule has 10 nitrogen and oxygen atoms in total. The lowest BCUT2D eigenvalue weighted by Crippen LogP contribution is -2.33. The van der Waals surface area contributed by atoms with E-state index in [0.29, 0.717) is 17.6 Å². The molecule has 0 bridgehead atoms. The maximum absolute atomic E-state index is 12.8. The van der Waals surface area contributed by atoms with Crippen LogP contribution in [0.15, 0.2) is 203 Å². The van der Waals surface area contributed by atoms with Gasteiger partial charge in [0.2, 0.25) is 23.1 Å². The van der Waals surface area contributed by atoms with Crippen molar-refractivity contribution in [2.45, 2.75) is 235 Å². The molecule has 1 atom stereocenters. The number of Topliss-reactive ketones (excluding diaryl/α,β-unsaturated/α-hetero) is 2. The summed E-state index contributed by atoms with van der Waals surface area (Å²) in [7, 11) is -0.575. The van der Waals surface area contributed by atoms with Crippen molar-refractivity contribution in [1.82, 2.24) is 30.4 Å². The van der Waals surface area contributed by atoms with Crippen LogP contribution in [0.4, 0.5) is 0 Å². The lowest BCUT2D eigenvalue weighted by molar-refractivity contribution is -0.121.